The zero-order chi connectivity index (χ0) is 50.8. The van der Waals surface area contributed by atoms with E-state index >= 15 is 0 Å². The summed E-state index contributed by atoms with van der Waals surface area (Å²) in [6, 6.07) is 80.7. The predicted molar refractivity (Wildman–Crippen MR) is 323 cm³/mol. The zero-order valence-electron chi connectivity index (χ0n) is 41.6. The van der Waals surface area contributed by atoms with Crippen LogP contribution in [0.5, 0.6) is 0 Å². The van der Waals surface area contributed by atoms with Crippen molar-refractivity contribution in [2.24, 2.45) is 0 Å². The minimum absolute atomic E-state index is 0.0236. The Bertz CT molecular complexity index is 4550. The summed E-state index contributed by atoms with van der Waals surface area (Å²) < 4.78 is 2.83. The van der Waals surface area contributed by atoms with Crippen molar-refractivity contribution in [1.29, 1.82) is 0 Å². The molecule has 0 saturated carbocycles. The maximum absolute atomic E-state index is 4.52. The fourth-order valence-electron chi connectivity index (χ4n) is 12.0. The van der Waals surface area contributed by atoms with Crippen molar-refractivity contribution < 1.29 is 0 Å². The van der Waals surface area contributed by atoms with E-state index in [1.54, 1.807) is 0 Å². The second-order valence-corrected chi connectivity index (χ2v) is 22.0. The zero-order valence-corrected chi connectivity index (χ0v) is 43.3. The fourth-order valence-corrected chi connectivity index (χ4v) is 14.6. The van der Waals surface area contributed by atoms with Crippen LogP contribution in [-0.2, 0) is 0 Å². The summed E-state index contributed by atoms with van der Waals surface area (Å²) in [5.41, 5.74) is 18.6. The van der Waals surface area contributed by atoms with Crippen LogP contribution >= 0.6 is 0 Å². The van der Waals surface area contributed by atoms with Crippen LogP contribution < -0.4 is 0 Å². The first-order chi connectivity index (χ1) is 38.2. The average Bonchev–Trinajstić information content (AvgIpc) is 3.94. The van der Waals surface area contributed by atoms with Crippen LogP contribution in [0.4, 0.5) is 0 Å². The fraction of sp³-hybridized carbons (Fsp3) is 0. The van der Waals surface area contributed by atoms with Crippen molar-refractivity contribution in [3.05, 3.63) is 268 Å². The molecule has 0 radical (unpaired) electrons. The molecular weight excluding hydrogens is 1000 g/mol. The van der Waals surface area contributed by atoms with Crippen molar-refractivity contribution in [2.75, 3.05) is 0 Å². The van der Waals surface area contributed by atoms with E-state index in [0.717, 1.165) is 55.6 Å². The van der Waals surface area contributed by atoms with Gasteiger partial charge in [-0.1, -0.05) is 0 Å². The second kappa shape index (κ2) is 18.6. The summed E-state index contributed by atoms with van der Waals surface area (Å²) in [4.78, 5) is 18.1. The van der Waals surface area contributed by atoms with Gasteiger partial charge in [0.05, 0.1) is 0 Å². The third kappa shape index (κ3) is 7.67. The van der Waals surface area contributed by atoms with E-state index in [0.29, 0.717) is 0 Å². The van der Waals surface area contributed by atoms with E-state index in [9.17, 15) is 0 Å². The molecule has 0 aliphatic heterocycles. The Morgan fingerprint density at radius 1 is 0.221 bits per heavy atom. The number of fused-ring (bicyclic) bond motifs is 7. The summed E-state index contributed by atoms with van der Waals surface area (Å²) in [7, 11) is 0. The summed E-state index contributed by atoms with van der Waals surface area (Å²) >= 11 is 0.0236. The monoisotopic (exact) mass is 1040 g/mol. The molecule has 15 rings (SSSR count). The average molecular weight is 1040 g/mol. The van der Waals surface area contributed by atoms with Gasteiger partial charge in [0.15, 0.2) is 0 Å². The normalized spacial score (nSPS) is 11.6. The number of aromatic nitrogens is 4. The summed E-state index contributed by atoms with van der Waals surface area (Å²) in [5.74, 6) is 0. The SMILES string of the molecule is c1cncc(-c2cc(-c3cccnc3)cc(-c3c4ccccc4c(-c4ccc5c(c4)[se]c4c(-c6c7ccccc7c(-c7cc(-c8cccnc8)cc(-c8cccnc8)c7)c7ccccc67)cccc45)c4ccccc34)c2)c1. The van der Waals surface area contributed by atoms with Gasteiger partial charge in [-0.3, -0.25) is 9.97 Å². The molecule has 5 heterocycles. The van der Waals surface area contributed by atoms with E-state index in [1.807, 2.05) is 73.8 Å². The van der Waals surface area contributed by atoms with Crippen LogP contribution in [0.3, 0.4) is 0 Å². The number of hydrogen-bond acceptors (Lipinski definition) is 4. The number of benzene rings is 10. The van der Waals surface area contributed by atoms with Gasteiger partial charge in [0.25, 0.3) is 0 Å². The quantitative estimate of drug-likeness (QED) is 0.112. The molecule has 0 atom stereocenters. The van der Waals surface area contributed by atoms with Gasteiger partial charge in [0.2, 0.25) is 0 Å². The van der Waals surface area contributed by atoms with E-state index in [4.69, 9.17) is 0 Å². The van der Waals surface area contributed by atoms with Crippen LogP contribution in [0.25, 0.3) is 151 Å². The van der Waals surface area contributed by atoms with Crippen molar-refractivity contribution >= 4 is 76.9 Å². The van der Waals surface area contributed by atoms with Gasteiger partial charge in [0.1, 0.15) is 0 Å². The van der Waals surface area contributed by atoms with Gasteiger partial charge >= 0.3 is 407 Å². The van der Waals surface area contributed by atoms with Gasteiger partial charge < -0.3 is 0 Å². The van der Waals surface area contributed by atoms with E-state index in [-0.39, 0.29) is 14.5 Å². The Morgan fingerprint density at radius 3 is 0.922 bits per heavy atom. The molecule has 5 heteroatoms. The standard InChI is InChI=1S/C72H44N4Se/c1-3-20-59-57(18-1)68(58-19-2-4-21-60(58)69(59)54-36-50(46-14-10-30-73-41-46)34-51(37-54)47-15-11-31-74-42-47)45-28-29-56-65-26-9-27-66(72(65)77-67(56)40-45)71-63-24-7-5-22-61(63)70(62-23-6-8-25-64(62)71)55-38-52(48-16-12-32-75-43-48)35-53(39-55)49-17-13-33-76-44-49/h1-44H. The van der Waals surface area contributed by atoms with Gasteiger partial charge in [-0.15, -0.1) is 0 Å². The molecule has 0 amide bonds. The molecule has 0 bridgehead atoms. The second-order valence-electron chi connectivity index (χ2n) is 19.7. The van der Waals surface area contributed by atoms with Crippen LogP contribution in [0.15, 0.2) is 268 Å². The predicted octanol–water partition coefficient (Wildman–Crippen LogP) is 18.6. The summed E-state index contributed by atoms with van der Waals surface area (Å²) in [5, 5.41) is 12.5. The summed E-state index contributed by atoms with van der Waals surface area (Å²) in [6.45, 7) is 0. The molecule has 0 unspecified atom stereocenters. The molecule has 0 saturated heterocycles. The Labute approximate surface area is 451 Å². The van der Waals surface area contributed by atoms with Crippen LogP contribution in [-0.4, -0.2) is 34.4 Å². The molecule has 0 N–H and O–H groups in total. The van der Waals surface area contributed by atoms with Gasteiger partial charge in [-0.25, -0.2) is 0 Å². The van der Waals surface area contributed by atoms with E-state index < -0.39 is 0 Å². The third-order valence-corrected chi connectivity index (χ3v) is 17.9. The Kier molecular flexibility index (Phi) is 10.8. The Morgan fingerprint density at radius 2 is 0.558 bits per heavy atom. The van der Waals surface area contributed by atoms with Crippen molar-refractivity contribution in [2.45, 2.75) is 0 Å². The minimum atomic E-state index is 0.0236. The van der Waals surface area contributed by atoms with Crippen LogP contribution in [0, 0.1) is 0 Å². The molecule has 10 aromatic carbocycles. The first-order valence-electron chi connectivity index (χ1n) is 26.0. The van der Waals surface area contributed by atoms with Gasteiger partial charge in [-0.2, -0.15) is 0 Å². The van der Waals surface area contributed by atoms with Crippen molar-refractivity contribution in [1.82, 2.24) is 19.9 Å². The molecule has 0 aliphatic rings. The number of nitrogens with zero attached hydrogens (tertiary/aromatic N) is 4. The molecule has 77 heavy (non-hydrogen) atoms. The van der Waals surface area contributed by atoms with Crippen molar-refractivity contribution in [3.8, 4) is 89.0 Å². The topological polar surface area (TPSA) is 51.6 Å². The first kappa shape index (κ1) is 44.8. The molecule has 15 aromatic rings. The van der Waals surface area contributed by atoms with E-state index in [1.165, 1.54) is 95.8 Å². The first-order valence-corrected chi connectivity index (χ1v) is 27.7. The number of rotatable bonds is 8. The number of pyridine rings is 4. The van der Waals surface area contributed by atoms with E-state index in [2.05, 4.69) is 214 Å². The maximum atomic E-state index is 4.52. The van der Waals surface area contributed by atoms with Gasteiger partial charge in [-0.05, 0) is 12.1 Å². The molecule has 4 nitrogen and oxygen atoms in total. The van der Waals surface area contributed by atoms with Crippen LogP contribution in [0.1, 0.15) is 0 Å². The Balaban J connectivity index is 0.920. The molecule has 5 aromatic heterocycles. The third-order valence-electron chi connectivity index (χ3n) is 15.3. The molecule has 0 fully saturated rings. The number of hydrogen-bond donors (Lipinski definition) is 0. The molecule has 0 spiro atoms. The summed E-state index contributed by atoms with van der Waals surface area (Å²) in [6.07, 6.45) is 15.1. The molecular formula is C72H44N4Se. The van der Waals surface area contributed by atoms with Crippen molar-refractivity contribution in [3.63, 3.8) is 0 Å². The Hall–Kier alpha value is -9.64. The van der Waals surface area contributed by atoms with Crippen LogP contribution in [0.2, 0.25) is 0 Å². The van der Waals surface area contributed by atoms with Gasteiger partial charge in [0, 0.05) is 24.8 Å². The molecule has 0 aliphatic carbocycles. The molecule has 358 valence electrons.